The molecule has 0 aliphatic carbocycles. The van der Waals surface area contributed by atoms with Crippen LogP contribution in [0, 0.1) is 0 Å². The molecule has 2 atom stereocenters. The second-order valence-electron chi connectivity index (χ2n) is 3.93. The van der Waals surface area contributed by atoms with Gasteiger partial charge in [-0.05, 0) is 30.5 Å². The molecule has 0 heterocycles. The fourth-order valence-electron chi connectivity index (χ4n) is 1.96. The van der Waals surface area contributed by atoms with Crippen LogP contribution in [0.1, 0.15) is 44.6 Å². The summed E-state index contributed by atoms with van der Waals surface area (Å²) in [5.74, 6) is 0.212. The van der Waals surface area contributed by atoms with Crippen molar-refractivity contribution in [1.29, 1.82) is 0 Å². The SMILES string of the molecule is CCCC(O)C(CC)c1cccc(Cl)c1. The molecule has 0 spiro atoms. The third kappa shape index (κ3) is 3.51. The highest BCUT2D eigenvalue weighted by Gasteiger charge is 2.18. The van der Waals surface area contributed by atoms with E-state index in [0.717, 1.165) is 29.8 Å². The molecule has 1 rings (SSSR count). The van der Waals surface area contributed by atoms with Gasteiger partial charge in [-0.15, -0.1) is 0 Å². The van der Waals surface area contributed by atoms with E-state index in [0.29, 0.717) is 0 Å². The molecule has 0 fully saturated rings. The fourth-order valence-corrected chi connectivity index (χ4v) is 2.16. The topological polar surface area (TPSA) is 20.2 Å². The van der Waals surface area contributed by atoms with Crippen LogP contribution in [0.15, 0.2) is 24.3 Å². The van der Waals surface area contributed by atoms with Gasteiger partial charge in [0.2, 0.25) is 0 Å². The first kappa shape index (κ1) is 12.5. The molecule has 0 radical (unpaired) electrons. The van der Waals surface area contributed by atoms with Crippen LogP contribution in [-0.2, 0) is 0 Å². The van der Waals surface area contributed by atoms with Gasteiger partial charge in [0, 0.05) is 10.9 Å². The van der Waals surface area contributed by atoms with E-state index in [-0.39, 0.29) is 12.0 Å². The minimum atomic E-state index is -0.251. The van der Waals surface area contributed by atoms with Crippen molar-refractivity contribution in [1.82, 2.24) is 0 Å². The van der Waals surface area contributed by atoms with Crippen molar-refractivity contribution >= 4 is 11.6 Å². The third-order valence-electron chi connectivity index (χ3n) is 2.77. The third-order valence-corrected chi connectivity index (χ3v) is 3.00. The van der Waals surface area contributed by atoms with Gasteiger partial charge in [-0.2, -0.15) is 0 Å². The molecule has 0 saturated heterocycles. The molecule has 0 aliphatic rings. The Bertz CT molecular complexity index is 298. The summed E-state index contributed by atoms with van der Waals surface area (Å²) in [7, 11) is 0. The molecule has 2 unspecified atom stereocenters. The van der Waals surface area contributed by atoms with E-state index in [1.54, 1.807) is 0 Å². The Labute approximate surface area is 97.1 Å². The van der Waals surface area contributed by atoms with Gasteiger partial charge in [-0.3, -0.25) is 0 Å². The Balaban J connectivity index is 2.82. The summed E-state index contributed by atoms with van der Waals surface area (Å²) in [5, 5.41) is 10.8. The minimum absolute atomic E-state index is 0.212. The molecule has 1 aromatic carbocycles. The normalized spacial score (nSPS) is 14.9. The van der Waals surface area contributed by atoms with E-state index < -0.39 is 0 Å². The first-order valence-electron chi connectivity index (χ1n) is 5.62. The zero-order valence-corrected chi connectivity index (χ0v) is 10.2. The van der Waals surface area contributed by atoms with E-state index in [2.05, 4.69) is 13.8 Å². The van der Waals surface area contributed by atoms with Gasteiger partial charge in [0.1, 0.15) is 0 Å². The van der Waals surface area contributed by atoms with E-state index >= 15 is 0 Å². The Kier molecular flexibility index (Phi) is 5.13. The van der Waals surface area contributed by atoms with Crippen LogP contribution < -0.4 is 0 Å². The van der Waals surface area contributed by atoms with Crippen molar-refractivity contribution in [2.24, 2.45) is 0 Å². The summed E-state index contributed by atoms with van der Waals surface area (Å²) in [6.07, 6.45) is 2.56. The first-order chi connectivity index (χ1) is 7.19. The molecule has 1 aromatic rings. The molecule has 2 heteroatoms. The number of hydrogen-bond donors (Lipinski definition) is 1. The monoisotopic (exact) mass is 226 g/mol. The predicted octanol–water partition coefficient (Wildman–Crippen LogP) is 3.99. The van der Waals surface area contributed by atoms with Gasteiger partial charge in [0.25, 0.3) is 0 Å². The molecule has 1 nitrogen and oxygen atoms in total. The van der Waals surface area contributed by atoms with E-state index in [1.807, 2.05) is 24.3 Å². The number of benzene rings is 1. The average molecular weight is 227 g/mol. The molecular weight excluding hydrogens is 208 g/mol. The number of aliphatic hydroxyl groups is 1. The van der Waals surface area contributed by atoms with E-state index in [1.165, 1.54) is 0 Å². The lowest BCUT2D eigenvalue weighted by molar-refractivity contribution is 0.130. The van der Waals surface area contributed by atoms with Crippen molar-refractivity contribution in [3.05, 3.63) is 34.9 Å². The van der Waals surface area contributed by atoms with Crippen LogP contribution in [0.3, 0.4) is 0 Å². The Morgan fingerprint density at radius 3 is 2.60 bits per heavy atom. The van der Waals surface area contributed by atoms with Crippen LogP contribution in [0.4, 0.5) is 0 Å². The number of rotatable bonds is 5. The molecule has 1 N–H and O–H groups in total. The number of hydrogen-bond acceptors (Lipinski definition) is 1. The van der Waals surface area contributed by atoms with Crippen LogP contribution in [-0.4, -0.2) is 11.2 Å². The molecule has 84 valence electrons. The highest BCUT2D eigenvalue weighted by molar-refractivity contribution is 6.30. The lowest BCUT2D eigenvalue weighted by Crippen LogP contribution is -2.17. The Morgan fingerprint density at radius 1 is 1.33 bits per heavy atom. The molecular formula is C13H19ClO. The maximum Gasteiger partial charge on any atom is 0.0608 e. The molecule has 0 saturated carbocycles. The van der Waals surface area contributed by atoms with Crippen LogP contribution in [0.2, 0.25) is 5.02 Å². The van der Waals surface area contributed by atoms with Gasteiger partial charge in [-0.1, -0.05) is 44.0 Å². The summed E-state index contributed by atoms with van der Waals surface area (Å²) in [6.45, 7) is 4.19. The van der Waals surface area contributed by atoms with Gasteiger partial charge < -0.3 is 5.11 Å². The van der Waals surface area contributed by atoms with E-state index in [4.69, 9.17) is 11.6 Å². The van der Waals surface area contributed by atoms with Crippen molar-refractivity contribution in [2.45, 2.75) is 45.1 Å². The van der Waals surface area contributed by atoms with Gasteiger partial charge in [0.05, 0.1) is 6.10 Å². The van der Waals surface area contributed by atoms with Crippen molar-refractivity contribution in [3.63, 3.8) is 0 Å². The van der Waals surface area contributed by atoms with Crippen LogP contribution in [0.25, 0.3) is 0 Å². The number of halogens is 1. The van der Waals surface area contributed by atoms with Crippen LogP contribution >= 0.6 is 11.6 Å². The highest BCUT2D eigenvalue weighted by atomic mass is 35.5. The average Bonchev–Trinajstić information content (AvgIpc) is 2.19. The summed E-state index contributed by atoms with van der Waals surface area (Å²) < 4.78 is 0. The minimum Gasteiger partial charge on any atom is -0.392 e. The van der Waals surface area contributed by atoms with Gasteiger partial charge >= 0.3 is 0 Å². The zero-order valence-electron chi connectivity index (χ0n) is 9.41. The lowest BCUT2D eigenvalue weighted by Gasteiger charge is -2.21. The first-order valence-corrected chi connectivity index (χ1v) is 6.00. The van der Waals surface area contributed by atoms with Crippen LogP contribution in [0.5, 0.6) is 0 Å². The standard InChI is InChI=1S/C13H19ClO/c1-3-6-13(15)12(4-2)10-7-5-8-11(14)9-10/h5,7-9,12-13,15H,3-4,6H2,1-2H3. The molecule has 0 amide bonds. The summed E-state index contributed by atoms with van der Waals surface area (Å²) in [5.41, 5.74) is 1.14. The Morgan fingerprint density at radius 2 is 2.07 bits per heavy atom. The van der Waals surface area contributed by atoms with Crippen molar-refractivity contribution in [2.75, 3.05) is 0 Å². The van der Waals surface area contributed by atoms with Crippen molar-refractivity contribution in [3.8, 4) is 0 Å². The van der Waals surface area contributed by atoms with Gasteiger partial charge in [-0.25, -0.2) is 0 Å². The van der Waals surface area contributed by atoms with E-state index in [9.17, 15) is 5.11 Å². The smallest absolute Gasteiger partial charge is 0.0608 e. The summed E-state index contributed by atoms with van der Waals surface area (Å²) in [4.78, 5) is 0. The van der Waals surface area contributed by atoms with Gasteiger partial charge in [0.15, 0.2) is 0 Å². The molecule has 15 heavy (non-hydrogen) atoms. The second-order valence-corrected chi connectivity index (χ2v) is 4.36. The predicted molar refractivity (Wildman–Crippen MR) is 65.4 cm³/mol. The summed E-state index contributed by atoms with van der Waals surface area (Å²) >= 11 is 5.95. The maximum absolute atomic E-state index is 10.0. The lowest BCUT2D eigenvalue weighted by atomic mass is 9.89. The second kappa shape index (κ2) is 6.14. The molecule has 0 bridgehead atoms. The maximum atomic E-state index is 10.0. The fraction of sp³-hybridized carbons (Fsp3) is 0.538. The molecule has 0 aromatic heterocycles. The summed E-state index contributed by atoms with van der Waals surface area (Å²) in [6, 6.07) is 7.80. The zero-order chi connectivity index (χ0) is 11.3. The van der Waals surface area contributed by atoms with Crippen molar-refractivity contribution < 1.29 is 5.11 Å². The largest absolute Gasteiger partial charge is 0.392 e. The number of aliphatic hydroxyl groups excluding tert-OH is 1. The molecule has 0 aliphatic heterocycles. The Hall–Kier alpha value is -0.530. The quantitative estimate of drug-likeness (QED) is 0.805. The highest BCUT2D eigenvalue weighted by Crippen LogP contribution is 2.27.